The Bertz CT molecular complexity index is 914. The van der Waals surface area contributed by atoms with E-state index in [1.165, 1.54) is 12.1 Å². The SMILES string of the molecule is C[C@@H](OC(=O)c1ccccc1C(=O)O)c1ccc2ccccc2c1. The molecule has 1 N–H and O–H groups in total. The molecule has 0 unspecified atom stereocenters. The Morgan fingerprint density at radius 2 is 1.50 bits per heavy atom. The molecule has 0 bridgehead atoms. The van der Waals surface area contributed by atoms with Crippen molar-refractivity contribution in [2.75, 3.05) is 0 Å². The highest BCUT2D eigenvalue weighted by Crippen LogP contribution is 2.24. The molecule has 3 rings (SSSR count). The molecule has 24 heavy (non-hydrogen) atoms. The van der Waals surface area contributed by atoms with Crippen molar-refractivity contribution in [1.82, 2.24) is 0 Å². The number of hydrogen-bond acceptors (Lipinski definition) is 3. The maximum Gasteiger partial charge on any atom is 0.339 e. The van der Waals surface area contributed by atoms with Crippen LogP contribution in [0.5, 0.6) is 0 Å². The average molecular weight is 320 g/mol. The summed E-state index contributed by atoms with van der Waals surface area (Å²) in [5, 5.41) is 11.3. The Balaban J connectivity index is 1.84. The molecule has 0 aromatic heterocycles. The number of carboxylic acid groups (broad SMARTS) is 1. The van der Waals surface area contributed by atoms with Gasteiger partial charge in [0.2, 0.25) is 0 Å². The van der Waals surface area contributed by atoms with Crippen LogP contribution in [-0.4, -0.2) is 17.0 Å². The summed E-state index contributed by atoms with van der Waals surface area (Å²) in [7, 11) is 0. The van der Waals surface area contributed by atoms with Gasteiger partial charge < -0.3 is 9.84 Å². The number of ether oxygens (including phenoxy) is 1. The molecule has 3 aromatic carbocycles. The average Bonchev–Trinajstić information content (AvgIpc) is 2.61. The maximum absolute atomic E-state index is 12.3. The van der Waals surface area contributed by atoms with Gasteiger partial charge in [-0.05, 0) is 41.5 Å². The number of aromatic carboxylic acids is 1. The lowest BCUT2D eigenvalue weighted by Gasteiger charge is -2.15. The van der Waals surface area contributed by atoms with E-state index >= 15 is 0 Å². The molecule has 4 nitrogen and oxygen atoms in total. The zero-order valence-corrected chi connectivity index (χ0v) is 13.1. The second kappa shape index (κ2) is 6.54. The molecule has 0 spiro atoms. The molecule has 0 saturated carbocycles. The Kier molecular flexibility index (Phi) is 4.29. The number of carbonyl (C=O) groups is 2. The van der Waals surface area contributed by atoms with Crippen LogP contribution >= 0.6 is 0 Å². The normalized spacial score (nSPS) is 11.9. The summed E-state index contributed by atoms with van der Waals surface area (Å²) in [6, 6.07) is 19.8. The topological polar surface area (TPSA) is 63.6 Å². The van der Waals surface area contributed by atoms with Crippen LogP contribution in [0, 0.1) is 0 Å². The summed E-state index contributed by atoms with van der Waals surface area (Å²) in [5.41, 5.74) is 0.848. The van der Waals surface area contributed by atoms with Gasteiger partial charge in [-0.15, -0.1) is 0 Å². The molecular weight excluding hydrogens is 304 g/mol. The van der Waals surface area contributed by atoms with Gasteiger partial charge in [-0.25, -0.2) is 9.59 Å². The second-order valence-electron chi connectivity index (χ2n) is 5.50. The van der Waals surface area contributed by atoms with Crippen LogP contribution in [0.15, 0.2) is 66.7 Å². The van der Waals surface area contributed by atoms with Gasteiger partial charge in [-0.1, -0.05) is 48.5 Å². The van der Waals surface area contributed by atoms with Crippen LogP contribution in [0.3, 0.4) is 0 Å². The molecule has 0 aliphatic heterocycles. The van der Waals surface area contributed by atoms with Gasteiger partial charge in [0.1, 0.15) is 6.10 Å². The van der Waals surface area contributed by atoms with Gasteiger partial charge in [0.25, 0.3) is 0 Å². The van der Waals surface area contributed by atoms with E-state index in [2.05, 4.69) is 0 Å². The highest BCUT2D eigenvalue weighted by molar-refractivity contribution is 6.02. The third-order valence-electron chi connectivity index (χ3n) is 3.90. The molecule has 0 aliphatic rings. The van der Waals surface area contributed by atoms with Crippen LogP contribution in [0.2, 0.25) is 0 Å². The lowest BCUT2D eigenvalue weighted by Crippen LogP contribution is -2.13. The molecule has 1 atom stereocenters. The summed E-state index contributed by atoms with van der Waals surface area (Å²) in [5.74, 6) is -1.80. The first-order chi connectivity index (χ1) is 11.6. The monoisotopic (exact) mass is 320 g/mol. The molecule has 0 fully saturated rings. The van der Waals surface area contributed by atoms with Gasteiger partial charge in [-0.3, -0.25) is 0 Å². The van der Waals surface area contributed by atoms with Crippen LogP contribution in [0.25, 0.3) is 10.8 Å². The van der Waals surface area contributed by atoms with Crippen molar-refractivity contribution in [2.45, 2.75) is 13.0 Å². The zero-order chi connectivity index (χ0) is 17.1. The van der Waals surface area contributed by atoms with E-state index < -0.39 is 18.0 Å². The van der Waals surface area contributed by atoms with Crippen LogP contribution in [0.4, 0.5) is 0 Å². The first kappa shape index (κ1) is 15.7. The highest BCUT2D eigenvalue weighted by atomic mass is 16.5. The first-order valence-electron chi connectivity index (χ1n) is 7.58. The number of rotatable bonds is 4. The summed E-state index contributed by atoms with van der Waals surface area (Å²) in [6.45, 7) is 1.77. The standard InChI is InChI=1S/C20H16O4/c1-13(15-11-10-14-6-2-3-7-16(14)12-15)24-20(23)18-9-5-4-8-17(18)19(21)22/h2-13H,1H3,(H,21,22)/t13-/m1/s1. The zero-order valence-electron chi connectivity index (χ0n) is 13.1. The quantitative estimate of drug-likeness (QED) is 0.721. The van der Waals surface area contributed by atoms with Crippen molar-refractivity contribution in [3.8, 4) is 0 Å². The number of carbonyl (C=O) groups excluding carboxylic acids is 1. The molecule has 0 saturated heterocycles. The number of benzene rings is 3. The fourth-order valence-electron chi connectivity index (χ4n) is 2.60. The Morgan fingerprint density at radius 1 is 0.875 bits per heavy atom. The van der Waals surface area contributed by atoms with Crippen molar-refractivity contribution < 1.29 is 19.4 Å². The largest absolute Gasteiger partial charge is 0.478 e. The fourth-order valence-corrected chi connectivity index (χ4v) is 2.60. The molecule has 0 aliphatic carbocycles. The van der Waals surface area contributed by atoms with Crippen molar-refractivity contribution in [1.29, 1.82) is 0 Å². The third-order valence-corrected chi connectivity index (χ3v) is 3.90. The van der Waals surface area contributed by atoms with Gasteiger partial charge in [0.05, 0.1) is 11.1 Å². The Labute approximate surface area is 139 Å². The molecule has 120 valence electrons. The van der Waals surface area contributed by atoms with E-state index in [9.17, 15) is 14.7 Å². The van der Waals surface area contributed by atoms with Crippen molar-refractivity contribution in [3.63, 3.8) is 0 Å². The van der Waals surface area contributed by atoms with E-state index in [4.69, 9.17) is 4.74 Å². The van der Waals surface area contributed by atoms with E-state index in [1.807, 2.05) is 42.5 Å². The molecule has 0 radical (unpaired) electrons. The minimum absolute atomic E-state index is 0.0534. The van der Waals surface area contributed by atoms with Crippen molar-refractivity contribution in [2.24, 2.45) is 0 Å². The van der Waals surface area contributed by atoms with Crippen LogP contribution in [-0.2, 0) is 4.74 Å². The Hall–Kier alpha value is -3.14. The van der Waals surface area contributed by atoms with E-state index in [0.717, 1.165) is 16.3 Å². The minimum Gasteiger partial charge on any atom is -0.478 e. The molecule has 3 aromatic rings. The number of carboxylic acids is 1. The minimum atomic E-state index is -1.15. The summed E-state index contributed by atoms with van der Waals surface area (Å²) >= 11 is 0. The smallest absolute Gasteiger partial charge is 0.339 e. The highest BCUT2D eigenvalue weighted by Gasteiger charge is 2.19. The van der Waals surface area contributed by atoms with Gasteiger partial charge >= 0.3 is 11.9 Å². The summed E-state index contributed by atoms with van der Waals surface area (Å²) in [6.07, 6.45) is -0.482. The third kappa shape index (κ3) is 3.13. The van der Waals surface area contributed by atoms with Gasteiger partial charge in [0, 0.05) is 0 Å². The predicted octanol–water partition coefficient (Wildman–Crippen LogP) is 4.46. The van der Waals surface area contributed by atoms with E-state index in [1.54, 1.807) is 19.1 Å². The molecular formula is C20H16O4. The van der Waals surface area contributed by atoms with Crippen LogP contribution < -0.4 is 0 Å². The van der Waals surface area contributed by atoms with Crippen LogP contribution in [0.1, 0.15) is 39.3 Å². The molecule has 0 amide bonds. The predicted molar refractivity (Wildman–Crippen MR) is 91.2 cm³/mol. The van der Waals surface area contributed by atoms with Gasteiger partial charge in [-0.2, -0.15) is 0 Å². The Morgan fingerprint density at radius 3 is 2.21 bits per heavy atom. The maximum atomic E-state index is 12.3. The molecule has 0 heterocycles. The molecule has 4 heteroatoms. The fraction of sp³-hybridized carbons (Fsp3) is 0.100. The second-order valence-corrected chi connectivity index (χ2v) is 5.50. The lowest BCUT2D eigenvalue weighted by atomic mass is 10.0. The summed E-state index contributed by atoms with van der Waals surface area (Å²) < 4.78 is 5.46. The number of fused-ring (bicyclic) bond motifs is 1. The van der Waals surface area contributed by atoms with Crippen molar-refractivity contribution >= 4 is 22.7 Å². The van der Waals surface area contributed by atoms with Crippen molar-refractivity contribution in [3.05, 3.63) is 83.4 Å². The van der Waals surface area contributed by atoms with E-state index in [0.29, 0.717) is 0 Å². The number of esters is 1. The number of hydrogen-bond donors (Lipinski definition) is 1. The van der Waals surface area contributed by atoms with E-state index in [-0.39, 0.29) is 11.1 Å². The van der Waals surface area contributed by atoms with Gasteiger partial charge in [0.15, 0.2) is 0 Å². The lowest BCUT2D eigenvalue weighted by molar-refractivity contribution is 0.0332. The summed E-state index contributed by atoms with van der Waals surface area (Å²) in [4.78, 5) is 23.6. The first-order valence-corrected chi connectivity index (χ1v) is 7.58.